The van der Waals surface area contributed by atoms with Crippen molar-refractivity contribution in [3.05, 3.63) is 48.5 Å². The minimum absolute atomic E-state index is 0.0662. The molecule has 0 spiro atoms. The van der Waals surface area contributed by atoms with E-state index in [0.29, 0.717) is 29.3 Å². The maximum absolute atomic E-state index is 10.3. The maximum atomic E-state index is 10.3. The predicted octanol–water partition coefficient (Wildman–Crippen LogP) is 2.28. The molecule has 1 aliphatic rings. The predicted molar refractivity (Wildman–Crippen MR) is 105 cm³/mol. The summed E-state index contributed by atoms with van der Waals surface area (Å²) < 4.78 is 7.45. The molecule has 1 aliphatic heterocycles. The molecular weight excluding hydrogens is 358 g/mol. The molecule has 0 saturated carbocycles. The topological polar surface area (TPSA) is 105 Å². The summed E-state index contributed by atoms with van der Waals surface area (Å²) in [6.45, 7) is 4.17. The first-order valence-corrected chi connectivity index (χ1v) is 9.52. The summed E-state index contributed by atoms with van der Waals surface area (Å²) in [5.41, 5.74) is 2.37. The number of rotatable bonds is 6. The van der Waals surface area contributed by atoms with Gasteiger partial charge in [-0.25, -0.2) is 15.0 Å². The van der Waals surface area contributed by atoms with E-state index in [9.17, 15) is 10.2 Å². The number of imidazole rings is 1. The third kappa shape index (κ3) is 3.46. The molecule has 3 heterocycles. The van der Waals surface area contributed by atoms with E-state index in [0.717, 1.165) is 0 Å². The van der Waals surface area contributed by atoms with Gasteiger partial charge in [-0.1, -0.05) is 44.2 Å². The second-order valence-corrected chi connectivity index (χ2v) is 7.46. The van der Waals surface area contributed by atoms with Crippen LogP contribution < -0.4 is 5.32 Å². The average Bonchev–Trinajstić information content (AvgIpc) is 3.29. The zero-order valence-electron chi connectivity index (χ0n) is 15.9. The first-order chi connectivity index (χ1) is 13.6. The Kier molecular flexibility index (Phi) is 5.25. The van der Waals surface area contributed by atoms with Crippen LogP contribution in [0.25, 0.3) is 11.2 Å². The Morgan fingerprint density at radius 3 is 2.68 bits per heavy atom. The summed E-state index contributed by atoms with van der Waals surface area (Å²) in [5.74, 6) is 0.970. The van der Waals surface area contributed by atoms with Crippen molar-refractivity contribution in [2.24, 2.45) is 5.92 Å². The SMILES string of the molecule is CC(C)C(Nc1ncnc2c1ncn2[C@@H]1O[C@H](CO)CC1O)c1ccccc1. The number of aliphatic hydroxyl groups excluding tert-OH is 2. The van der Waals surface area contributed by atoms with Crippen LogP contribution in [0.2, 0.25) is 0 Å². The van der Waals surface area contributed by atoms with Gasteiger partial charge in [0, 0.05) is 6.42 Å². The van der Waals surface area contributed by atoms with Crippen LogP contribution in [0.1, 0.15) is 38.1 Å². The molecular formula is C20H25N5O3. The number of aliphatic hydroxyl groups is 2. The fourth-order valence-corrected chi connectivity index (χ4v) is 3.68. The second kappa shape index (κ2) is 7.83. The minimum Gasteiger partial charge on any atom is -0.394 e. The molecule has 0 bridgehead atoms. The van der Waals surface area contributed by atoms with Gasteiger partial charge in [0.1, 0.15) is 12.4 Å². The number of hydrogen-bond acceptors (Lipinski definition) is 7. The molecule has 0 radical (unpaired) electrons. The number of hydrogen-bond donors (Lipinski definition) is 3. The van der Waals surface area contributed by atoms with Gasteiger partial charge in [-0.3, -0.25) is 4.57 Å². The summed E-state index contributed by atoms with van der Waals surface area (Å²) in [7, 11) is 0. The van der Waals surface area contributed by atoms with Crippen LogP contribution >= 0.6 is 0 Å². The summed E-state index contributed by atoms with van der Waals surface area (Å²) >= 11 is 0. The van der Waals surface area contributed by atoms with Crippen LogP contribution in [0.3, 0.4) is 0 Å². The zero-order chi connectivity index (χ0) is 19.7. The lowest BCUT2D eigenvalue weighted by Crippen LogP contribution is -2.20. The van der Waals surface area contributed by atoms with Gasteiger partial charge in [-0.15, -0.1) is 0 Å². The van der Waals surface area contributed by atoms with Crippen molar-refractivity contribution in [3.8, 4) is 0 Å². The summed E-state index contributed by atoms with van der Waals surface area (Å²) in [6, 6.07) is 10.3. The van der Waals surface area contributed by atoms with Crippen LogP contribution in [0, 0.1) is 5.92 Å². The van der Waals surface area contributed by atoms with Gasteiger partial charge in [-0.2, -0.15) is 0 Å². The Morgan fingerprint density at radius 1 is 1.21 bits per heavy atom. The lowest BCUT2D eigenvalue weighted by Gasteiger charge is -2.23. The van der Waals surface area contributed by atoms with Gasteiger partial charge in [0.25, 0.3) is 0 Å². The number of aromatic nitrogens is 4. The molecule has 148 valence electrons. The number of fused-ring (bicyclic) bond motifs is 1. The number of anilines is 1. The van der Waals surface area contributed by atoms with Crippen LogP contribution in [0.4, 0.5) is 5.82 Å². The molecule has 28 heavy (non-hydrogen) atoms. The Morgan fingerprint density at radius 2 is 2.00 bits per heavy atom. The molecule has 8 nitrogen and oxygen atoms in total. The van der Waals surface area contributed by atoms with Gasteiger partial charge in [-0.05, 0) is 11.5 Å². The van der Waals surface area contributed by atoms with Crippen molar-refractivity contribution in [2.45, 2.75) is 44.7 Å². The number of nitrogens with one attached hydrogen (secondary N) is 1. The maximum Gasteiger partial charge on any atom is 0.167 e. The fourth-order valence-electron chi connectivity index (χ4n) is 3.68. The minimum atomic E-state index is -0.728. The molecule has 3 N–H and O–H groups in total. The normalized spacial score (nSPS) is 23.4. The van der Waals surface area contributed by atoms with E-state index >= 15 is 0 Å². The third-order valence-corrected chi connectivity index (χ3v) is 5.12. The Balaban J connectivity index is 1.67. The fraction of sp³-hybridized carbons (Fsp3) is 0.450. The molecule has 4 atom stereocenters. The number of benzene rings is 1. The average molecular weight is 383 g/mol. The van der Waals surface area contributed by atoms with Gasteiger partial charge in [0.05, 0.1) is 25.1 Å². The molecule has 1 saturated heterocycles. The highest BCUT2D eigenvalue weighted by Gasteiger charge is 2.36. The third-order valence-electron chi connectivity index (χ3n) is 5.12. The van der Waals surface area contributed by atoms with Crippen molar-refractivity contribution in [3.63, 3.8) is 0 Å². The summed E-state index contributed by atoms with van der Waals surface area (Å²) in [4.78, 5) is 13.2. The Bertz CT molecular complexity index is 930. The number of ether oxygens (including phenoxy) is 1. The standard InChI is InChI=1S/C20H25N5O3/c1-12(2)16(13-6-4-3-5-7-13)24-18-17-19(22-10-21-18)25(11-23-17)20-15(27)8-14(9-26)28-20/h3-7,10-12,14-16,20,26-27H,8-9H2,1-2H3,(H,21,22,24)/t14-,15?,16?,20+/m0/s1. The highest BCUT2D eigenvalue weighted by molar-refractivity contribution is 5.83. The van der Waals surface area contributed by atoms with Crippen molar-refractivity contribution in [1.29, 1.82) is 0 Å². The van der Waals surface area contributed by atoms with Gasteiger partial charge < -0.3 is 20.3 Å². The van der Waals surface area contributed by atoms with E-state index in [1.54, 1.807) is 10.9 Å². The highest BCUT2D eigenvalue weighted by Crippen LogP contribution is 2.33. The van der Waals surface area contributed by atoms with Gasteiger partial charge >= 0.3 is 0 Å². The smallest absolute Gasteiger partial charge is 0.167 e. The van der Waals surface area contributed by atoms with E-state index in [-0.39, 0.29) is 18.8 Å². The summed E-state index contributed by atoms with van der Waals surface area (Å²) in [6.07, 6.45) is 1.72. The van der Waals surface area contributed by atoms with Crippen LogP contribution in [0.5, 0.6) is 0 Å². The largest absolute Gasteiger partial charge is 0.394 e. The lowest BCUT2D eigenvalue weighted by molar-refractivity contribution is -0.0486. The molecule has 0 amide bonds. The van der Waals surface area contributed by atoms with Crippen LogP contribution in [0.15, 0.2) is 43.0 Å². The first kappa shape index (κ1) is 18.8. The van der Waals surface area contributed by atoms with Crippen molar-refractivity contribution in [2.75, 3.05) is 11.9 Å². The van der Waals surface area contributed by atoms with E-state index in [2.05, 4.69) is 46.2 Å². The quantitative estimate of drug-likeness (QED) is 0.600. The van der Waals surface area contributed by atoms with Gasteiger partial charge in [0.15, 0.2) is 23.2 Å². The van der Waals surface area contributed by atoms with E-state index in [1.165, 1.54) is 11.9 Å². The molecule has 1 fully saturated rings. The highest BCUT2D eigenvalue weighted by atomic mass is 16.5. The van der Waals surface area contributed by atoms with E-state index in [1.807, 2.05) is 18.2 Å². The monoisotopic (exact) mass is 383 g/mol. The molecule has 3 aromatic rings. The first-order valence-electron chi connectivity index (χ1n) is 9.52. The van der Waals surface area contributed by atoms with E-state index in [4.69, 9.17) is 4.74 Å². The van der Waals surface area contributed by atoms with Crippen LogP contribution in [-0.4, -0.2) is 48.5 Å². The molecule has 1 aromatic carbocycles. The molecule has 8 heteroatoms. The lowest BCUT2D eigenvalue weighted by atomic mass is 9.96. The molecule has 2 unspecified atom stereocenters. The Hall–Kier alpha value is -2.55. The van der Waals surface area contributed by atoms with Crippen LogP contribution in [-0.2, 0) is 4.74 Å². The second-order valence-electron chi connectivity index (χ2n) is 7.46. The van der Waals surface area contributed by atoms with Crippen molar-refractivity contribution < 1.29 is 14.9 Å². The molecule has 4 rings (SSSR count). The van der Waals surface area contributed by atoms with Crippen molar-refractivity contribution in [1.82, 2.24) is 19.5 Å². The summed E-state index contributed by atoms with van der Waals surface area (Å²) in [5, 5.41) is 23.1. The van der Waals surface area contributed by atoms with Crippen molar-refractivity contribution >= 4 is 17.0 Å². The van der Waals surface area contributed by atoms with Gasteiger partial charge in [0.2, 0.25) is 0 Å². The Labute approximate surface area is 163 Å². The van der Waals surface area contributed by atoms with E-state index < -0.39 is 12.3 Å². The zero-order valence-corrected chi connectivity index (χ0v) is 15.9. The number of nitrogens with zero attached hydrogens (tertiary/aromatic N) is 4. The molecule has 2 aromatic heterocycles. The molecule has 0 aliphatic carbocycles.